The van der Waals surface area contributed by atoms with Crippen LogP contribution in [0.5, 0.6) is 5.75 Å². The van der Waals surface area contributed by atoms with E-state index in [-0.39, 0.29) is 56.1 Å². The highest BCUT2D eigenvalue weighted by Gasteiger charge is 2.47. The molecule has 3 aliphatic heterocycles. The van der Waals surface area contributed by atoms with Gasteiger partial charge in [-0.25, -0.2) is 18.0 Å². The molecule has 0 saturated carbocycles. The highest BCUT2D eigenvalue weighted by atomic mass is 19.3. The number of nitrogens with zero attached hydrogens (tertiary/aromatic N) is 2. The second-order valence-electron chi connectivity index (χ2n) is 7.53. The Balaban J connectivity index is 1.57. The van der Waals surface area contributed by atoms with Gasteiger partial charge < -0.3 is 19.2 Å². The summed E-state index contributed by atoms with van der Waals surface area (Å²) in [5.41, 5.74) is 0.448. The van der Waals surface area contributed by atoms with E-state index >= 15 is 0 Å². The molecule has 4 rings (SSSR count). The van der Waals surface area contributed by atoms with Crippen LogP contribution >= 0.6 is 0 Å². The number of halogens is 3. The van der Waals surface area contributed by atoms with Gasteiger partial charge in [0.25, 0.3) is 5.92 Å². The van der Waals surface area contributed by atoms with Gasteiger partial charge in [0.1, 0.15) is 36.1 Å². The van der Waals surface area contributed by atoms with Crippen molar-refractivity contribution >= 4 is 23.3 Å². The molecule has 152 valence electrons. The van der Waals surface area contributed by atoms with Gasteiger partial charge in [0.05, 0.1) is 11.4 Å². The fraction of sp³-hybridized carbons (Fsp3) is 0.579. The van der Waals surface area contributed by atoms with Crippen molar-refractivity contribution in [3.05, 3.63) is 17.9 Å². The van der Waals surface area contributed by atoms with Crippen LogP contribution in [0, 0.1) is 5.82 Å². The van der Waals surface area contributed by atoms with Gasteiger partial charge in [-0.2, -0.15) is 0 Å². The lowest BCUT2D eigenvalue weighted by molar-refractivity contribution is -0.117. The standard InChI is InChI=1S/C19H21F3N2O4/c1-11(25)2-3-16-15-10-27-17-9-13(23-6-4-19(21,22)5-7-23)12(20)8-14(17)24(15)18(26)28-16/h8-9,15-16H,2-7,10H2,1H3/t15-,16-/m0/s1. The molecule has 0 aliphatic carbocycles. The number of piperidine rings is 1. The highest BCUT2D eigenvalue weighted by Crippen LogP contribution is 2.43. The molecule has 1 amide bonds. The Bertz CT molecular complexity index is 807. The van der Waals surface area contributed by atoms with Crippen LogP contribution in [0.4, 0.5) is 29.3 Å². The Morgan fingerprint density at radius 1 is 1.25 bits per heavy atom. The van der Waals surface area contributed by atoms with Crippen LogP contribution in [-0.2, 0) is 9.53 Å². The van der Waals surface area contributed by atoms with Crippen LogP contribution in [0.15, 0.2) is 12.1 Å². The third-order valence-corrected chi connectivity index (χ3v) is 5.52. The second-order valence-corrected chi connectivity index (χ2v) is 7.53. The SMILES string of the molecule is CC(=O)CC[C@@H]1OC(=O)N2c3cc(F)c(N4CCC(F)(F)CC4)cc3OC[C@@H]12. The largest absolute Gasteiger partial charge is 0.489 e. The number of hydrogen-bond donors (Lipinski definition) is 0. The first kappa shape index (κ1) is 18.9. The number of anilines is 2. The molecule has 2 atom stereocenters. The molecule has 0 radical (unpaired) electrons. The van der Waals surface area contributed by atoms with E-state index in [1.54, 1.807) is 4.90 Å². The van der Waals surface area contributed by atoms with Crippen molar-refractivity contribution in [1.29, 1.82) is 0 Å². The number of benzene rings is 1. The predicted molar refractivity (Wildman–Crippen MR) is 94.7 cm³/mol. The lowest BCUT2D eigenvalue weighted by Crippen LogP contribution is -2.45. The zero-order chi connectivity index (χ0) is 20.1. The van der Waals surface area contributed by atoms with Crippen molar-refractivity contribution < 1.29 is 32.2 Å². The Morgan fingerprint density at radius 3 is 2.64 bits per heavy atom. The van der Waals surface area contributed by atoms with Gasteiger partial charge >= 0.3 is 6.09 Å². The molecular formula is C19H21F3N2O4. The molecule has 9 heteroatoms. The van der Waals surface area contributed by atoms with Gasteiger partial charge in [0.15, 0.2) is 0 Å². The third kappa shape index (κ3) is 3.38. The first-order chi connectivity index (χ1) is 13.2. The van der Waals surface area contributed by atoms with Crippen molar-refractivity contribution in [3.8, 4) is 5.75 Å². The van der Waals surface area contributed by atoms with Crippen LogP contribution in [-0.4, -0.2) is 49.6 Å². The molecule has 0 unspecified atom stereocenters. The maximum Gasteiger partial charge on any atom is 0.415 e. The van der Waals surface area contributed by atoms with Crippen LogP contribution < -0.4 is 14.5 Å². The number of fused-ring (bicyclic) bond motifs is 3. The van der Waals surface area contributed by atoms with Gasteiger partial charge in [-0.3, -0.25) is 4.90 Å². The molecule has 3 aliphatic rings. The monoisotopic (exact) mass is 398 g/mol. The molecule has 1 aromatic carbocycles. The number of cyclic esters (lactones) is 1. The van der Waals surface area contributed by atoms with Crippen LogP contribution in [0.1, 0.15) is 32.6 Å². The summed E-state index contributed by atoms with van der Waals surface area (Å²) < 4.78 is 52.7. The topological polar surface area (TPSA) is 59.1 Å². The summed E-state index contributed by atoms with van der Waals surface area (Å²) in [5, 5.41) is 0. The van der Waals surface area contributed by atoms with Crippen molar-refractivity contribution in [2.24, 2.45) is 0 Å². The molecule has 0 bridgehead atoms. The van der Waals surface area contributed by atoms with Gasteiger partial charge in [-0.05, 0) is 13.3 Å². The smallest absolute Gasteiger partial charge is 0.415 e. The van der Waals surface area contributed by atoms with Gasteiger partial charge in [0.2, 0.25) is 0 Å². The summed E-state index contributed by atoms with van der Waals surface area (Å²) in [7, 11) is 0. The molecule has 28 heavy (non-hydrogen) atoms. The zero-order valence-electron chi connectivity index (χ0n) is 15.4. The first-order valence-electron chi connectivity index (χ1n) is 9.33. The summed E-state index contributed by atoms with van der Waals surface area (Å²) in [6.07, 6.45) is -1.11. The molecule has 0 N–H and O–H groups in total. The van der Waals surface area contributed by atoms with E-state index in [9.17, 15) is 22.8 Å². The number of alkyl halides is 2. The number of rotatable bonds is 4. The summed E-state index contributed by atoms with van der Waals surface area (Å²) in [4.78, 5) is 26.5. The van der Waals surface area contributed by atoms with Crippen LogP contribution in [0.25, 0.3) is 0 Å². The van der Waals surface area contributed by atoms with E-state index in [0.29, 0.717) is 12.2 Å². The lowest BCUT2D eigenvalue weighted by atomic mass is 10.0. The van der Waals surface area contributed by atoms with Crippen molar-refractivity contribution in [3.63, 3.8) is 0 Å². The fourth-order valence-corrected chi connectivity index (χ4v) is 3.95. The number of carbonyl (C=O) groups is 2. The molecule has 1 aromatic rings. The van der Waals surface area contributed by atoms with Crippen LogP contribution in [0.2, 0.25) is 0 Å². The average molecular weight is 398 g/mol. The van der Waals surface area contributed by atoms with E-state index in [1.807, 2.05) is 0 Å². The number of hydrogen-bond acceptors (Lipinski definition) is 5. The number of ether oxygens (including phenoxy) is 2. The molecular weight excluding hydrogens is 377 g/mol. The van der Waals surface area contributed by atoms with Crippen molar-refractivity contribution in [2.75, 3.05) is 29.5 Å². The Kier molecular flexibility index (Phi) is 4.63. The third-order valence-electron chi connectivity index (χ3n) is 5.52. The van der Waals surface area contributed by atoms with Gasteiger partial charge in [-0.1, -0.05) is 0 Å². The Hall–Kier alpha value is -2.45. The quantitative estimate of drug-likeness (QED) is 0.777. The summed E-state index contributed by atoms with van der Waals surface area (Å²) >= 11 is 0. The summed E-state index contributed by atoms with van der Waals surface area (Å²) in [5.74, 6) is -3.02. The minimum Gasteiger partial charge on any atom is -0.489 e. The normalized spacial score (nSPS) is 25.6. The Morgan fingerprint density at radius 2 is 1.96 bits per heavy atom. The zero-order valence-corrected chi connectivity index (χ0v) is 15.4. The summed E-state index contributed by atoms with van der Waals surface area (Å²) in [6.45, 7) is 1.72. The van der Waals surface area contributed by atoms with Crippen molar-refractivity contribution in [2.45, 2.75) is 50.7 Å². The second kappa shape index (κ2) is 6.86. The lowest BCUT2D eigenvalue weighted by Gasteiger charge is -2.35. The molecule has 0 spiro atoms. The molecule has 2 saturated heterocycles. The minimum atomic E-state index is -2.72. The van der Waals surface area contributed by atoms with Crippen LogP contribution in [0.3, 0.4) is 0 Å². The van der Waals surface area contributed by atoms with E-state index in [0.717, 1.165) is 0 Å². The Labute approximate surface area is 160 Å². The van der Waals surface area contributed by atoms with Gasteiger partial charge in [0, 0.05) is 44.5 Å². The van der Waals surface area contributed by atoms with E-state index in [4.69, 9.17) is 9.47 Å². The molecule has 2 fully saturated rings. The summed E-state index contributed by atoms with van der Waals surface area (Å²) in [6, 6.07) is 2.22. The number of amides is 1. The molecule has 0 aromatic heterocycles. The number of carbonyl (C=O) groups excluding carboxylic acids is 2. The average Bonchev–Trinajstić information content (AvgIpc) is 2.96. The first-order valence-corrected chi connectivity index (χ1v) is 9.33. The molecule has 3 heterocycles. The van der Waals surface area contributed by atoms with E-state index < -0.39 is 30.0 Å². The predicted octanol–water partition coefficient (Wildman–Crippen LogP) is 3.52. The van der Waals surface area contributed by atoms with Crippen molar-refractivity contribution in [1.82, 2.24) is 0 Å². The van der Waals surface area contributed by atoms with E-state index in [2.05, 4.69) is 0 Å². The van der Waals surface area contributed by atoms with E-state index in [1.165, 1.54) is 24.0 Å². The number of Topliss-reactive ketones (excluding diaryl/α,β-unsaturated/α-hetero) is 1. The fourth-order valence-electron chi connectivity index (χ4n) is 3.95. The van der Waals surface area contributed by atoms with Gasteiger partial charge in [-0.15, -0.1) is 0 Å². The maximum atomic E-state index is 14.8. The number of ketones is 1. The minimum absolute atomic E-state index is 0.00516. The maximum absolute atomic E-state index is 14.8. The molecule has 6 nitrogen and oxygen atoms in total. The highest BCUT2D eigenvalue weighted by molar-refractivity contribution is 5.94.